The van der Waals surface area contributed by atoms with Crippen LogP contribution in [0.1, 0.15) is 106 Å². The van der Waals surface area contributed by atoms with Gasteiger partial charge in [0.2, 0.25) is 5.43 Å². The summed E-state index contributed by atoms with van der Waals surface area (Å²) in [6, 6.07) is 16.4. The van der Waals surface area contributed by atoms with Crippen LogP contribution < -0.4 is 16.5 Å². The van der Waals surface area contributed by atoms with Crippen LogP contribution in [0.3, 0.4) is 0 Å². The number of anilines is 2. The van der Waals surface area contributed by atoms with Gasteiger partial charge >= 0.3 is 0 Å². The van der Waals surface area contributed by atoms with E-state index in [9.17, 15) is 9.59 Å². The molecule has 3 aromatic rings. The molecule has 0 radical (unpaired) electrons. The number of carbonyl (C=O) groups is 1. The number of amides is 1. The number of nitrogen functional groups attached to an aromatic ring is 1. The van der Waals surface area contributed by atoms with E-state index in [0.717, 1.165) is 49.8 Å². The van der Waals surface area contributed by atoms with Gasteiger partial charge in [-0.25, -0.2) is 0 Å². The predicted molar refractivity (Wildman–Crippen MR) is 159 cm³/mol. The fourth-order valence-electron chi connectivity index (χ4n) is 4.80. The molecule has 1 amide bonds. The molecule has 0 saturated heterocycles. The fourth-order valence-corrected chi connectivity index (χ4v) is 4.80. The summed E-state index contributed by atoms with van der Waals surface area (Å²) in [6.45, 7) is 4.41. The highest BCUT2D eigenvalue weighted by Gasteiger charge is 2.25. The molecule has 0 fully saturated rings. The maximum absolute atomic E-state index is 14.0. The van der Waals surface area contributed by atoms with Gasteiger partial charge in [0.25, 0.3) is 5.91 Å². The largest absolute Gasteiger partial charge is 0.460 e. The van der Waals surface area contributed by atoms with E-state index < -0.39 is 5.91 Å². The van der Waals surface area contributed by atoms with Crippen molar-refractivity contribution >= 4 is 17.3 Å². The van der Waals surface area contributed by atoms with Gasteiger partial charge in [-0.3, -0.25) is 9.59 Å². The molecule has 0 saturated carbocycles. The zero-order chi connectivity index (χ0) is 27.2. The van der Waals surface area contributed by atoms with Gasteiger partial charge in [0, 0.05) is 28.9 Å². The van der Waals surface area contributed by atoms with Crippen LogP contribution in [0.4, 0.5) is 11.4 Å². The summed E-state index contributed by atoms with van der Waals surface area (Å²) < 4.78 is 6.51. The normalized spacial score (nSPS) is 11.0. The Morgan fingerprint density at radius 1 is 0.763 bits per heavy atom. The molecule has 0 aliphatic carbocycles. The summed E-state index contributed by atoms with van der Waals surface area (Å²) in [6.07, 6.45) is 13.9. The van der Waals surface area contributed by atoms with Crippen molar-refractivity contribution in [2.24, 2.45) is 0 Å². The Bertz CT molecular complexity index is 1180. The van der Waals surface area contributed by atoms with Crippen molar-refractivity contribution in [2.45, 2.75) is 97.3 Å². The lowest BCUT2D eigenvalue weighted by molar-refractivity contribution is 0.102. The topological polar surface area (TPSA) is 85.3 Å². The third kappa shape index (κ3) is 8.61. The molecule has 38 heavy (non-hydrogen) atoms. The van der Waals surface area contributed by atoms with Crippen LogP contribution in [0.15, 0.2) is 63.8 Å². The van der Waals surface area contributed by atoms with Crippen LogP contribution in [0.25, 0.3) is 11.3 Å². The minimum absolute atomic E-state index is 0.0711. The van der Waals surface area contributed by atoms with Crippen LogP contribution in [0.5, 0.6) is 0 Å². The number of nitrogens with two attached hydrogens (primary N) is 1. The van der Waals surface area contributed by atoms with E-state index in [0.29, 0.717) is 35.5 Å². The number of carbonyl (C=O) groups excluding carboxylic acids is 1. The first-order valence-corrected chi connectivity index (χ1v) is 14.5. The first kappa shape index (κ1) is 29.2. The maximum Gasteiger partial charge on any atom is 0.263 e. The first-order chi connectivity index (χ1) is 18.5. The molecule has 204 valence electrons. The Kier molecular flexibility index (Phi) is 12.2. The van der Waals surface area contributed by atoms with Crippen molar-refractivity contribution in [3.05, 3.63) is 81.7 Å². The molecule has 3 rings (SSSR count). The zero-order valence-corrected chi connectivity index (χ0v) is 23.2. The van der Waals surface area contributed by atoms with E-state index in [-0.39, 0.29) is 11.0 Å². The molecule has 0 spiro atoms. The summed E-state index contributed by atoms with van der Waals surface area (Å²) in [5.41, 5.74) is 8.24. The zero-order valence-electron chi connectivity index (χ0n) is 23.2. The summed E-state index contributed by atoms with van der Waals surface area (Å²) in [5, 5.41) is 2.88. The summed E-state index contributed by atoms with van der Waals surface area (Å²) in [4.78, 5) is 27.5. The van der Waals surface area contributed by atoms with E-state index in [4.69, 9.17) is 10.2 Å². The number of unbranched alkanes of at least 4 members (excludes halogenated alkanes) is 9. The highest BCUT2D eigenvalue weighted by atomic mass is 16.3. The molecular formula is C33H44N2O3. The molecule has 5 nitrogen and oxygen atoms in total. The number of rotatable bonds is 16. The van der Waals surface area contributed by atoms with Crippen LogP contribution in [0, 0.1) is 0 Å². The second kappa shape index (κ2) is 15.8. The molecule has 2 aromatic carbocycles. The van der Waals surface area contributed by atoms with Gasteiger partial charge in [-0.05, 0) is 43.5 Å². The maximum atomic E-state index is 14.0. The molecular weight excluding hydrogens is 472 g/mol. The van der Waals surface area contributed by atoms with Crippen LogP contribution in [0.2, 0.25) is 0 Å². The van der Waals surface area contributed by atoms with Gasteiger partial charge in [-0.1, -0.05) is 102 Å². The van der Waals surface area contributed by atoms with Crippen molar-refractivity contribution in [3.63, 3.8) is 0 Å². The standard InChI is InChI=1S/C33H44N2O3/c1-3-5-7-9-10-11-16-20-29-28(19-15-8-6-4-2)31(36)30(32(38-29)25-17-13-12-14-18-25)33(37)35-27-23-21-26(34)22-24-27/h12-14,17-18,21-24H,3-11,15-16,19-20,34H2,1-2H3,(H,35,37). The Morgan fingerprint density at radius 3 is 2.00 bits per heavy atom. The summed E-state index contributed by atoms with van der Waals surface area (Å²) >= 11 is 0. The molecule has 1 heterocycles. The van der Waals surface area contributed by atoms with Gasteiger partial charge in [0.05, 0.1) is 0 Å². The third-order valence-electron chi connectivity index (χ3n) is 7.01. The van der Waals surface area contributed by atoms with E-state index in [2.05, 4.69) is 19.2 Å². The number of benzene rings is 2. The summed E-state index contributed by atoms with van der Waals surface area (Å²) in [7, 11) is 0. The van der Waals surface area contributed by atoms with Gasteiger partial charge in [-0.2, -0.15) is 0 Å². The van der Waals surface area contributed by atoms with Gasteiger partial charge in [0.15, 0.2) is 5.76 Å². The first-order valence-electron chi connectivity index (χ1n) is 14.5. The van der Waals surface area contributed by atoms with Crippen molar-refractivity contribution in [2.75, 3.05) is 11.1 Å². The van der Waals surface area contributed by atoms with Crippen molar-refractivity contribution < 1.29 is 9.21 Å². The molecule has 0 unspecified atom stereocenters. The number of hydrogen-bond donors (Lipinski definition) is 2. The van der Waals surface area contributed by atoms with E-state index in [1.165, 1.54) is 32.1 Å². The van der Waals surface area contributed by atoms with Crippen LogP contribution >= 0.6 is 0 Å². The quantitative estimate of drug-likeness (QED) is 0.147. The number of hydrogen-bond acceptors (Lipinski definition) is 4. The van der Waals surface area contributed by atoms with Crippen molar-refractivity contribution in [1.29, 1.82) is 0 Å². The lowest BCUT2D eigenvalue weighted by Crippen LogP contribution is -2.26. The highest BCUT2D eigenvalue weighted by molar-refractivity contribution is 6.07. The van der Waals surface area contributed by atoms with Gasteiger partial charge < -0.3 is 15.5 Å². The van der Waals surface area contributed by atoms with E-state index in [1.807, 2.05) is 30.3 Å². The number of nitrogens with one attached hydrogen (secondary N) is 1. The smallest absolute Gasteiger partial charge is 0.263 e. The molecule has 3 N–H and O–H groups in total. The van der Waals surface area contributed by atoms with Crippen molar-refractivity contribution in [1.82, 2.24) is 0 Å². The fraction of sp³-hybridized carbons (Fsp3) is 0.455. The minimum Gasteiger partial charge on any atom is -0.460 e. The number of aryl methyl sites for hydroxylation is 1. The molecule has 0 atom stereocenters. The molecule has 1 aromatic heterocycles. The average Bonchev–Trinajstić information content (AvgIpc) is 2.93. The Morgan fingerprint density at radius 2 is 1.34 bits per heavy atom. The van der Waals surface area contributed by atoms with Gasteiger partial charge in [0.1, 0.15) is 11.3 Å². The second-order valence-electron chi connectivity index (χ2n) is 10.2. The van der Waals surface area contributed by atoms with Crippen LogP contribution in [-0.2, 0) is 12.8 Å². The van der Waals surface area contributed by atoms with E-state index in [1.54, 1.807) is 24.3 Å². The Hall–Kier alpha value is -3.34. The van der Waals surface area contributed by atoms with E-state index >= 15 is 0 Å². The van der Waals surface area contributed by atoms with Gasteiger partial charge in [-0.15, -0.1) is 0 Å². The lowest BCUT2D eigenvalue weighted by atomic mass is 9.97. The SMILES string of the molecule is CCCCCCCCCc1oc(-c2ccccc2)c(C(=O)Nc2ccc(N)cc2)c(=O)c1CCCCCC. The Balaban J connectivity index is 1.95. The molecule has 0 bridgehead atoms. The third-order valence-corrected chi connectivity index (χ3v) is 7.01. The molecule has 0 aliphatic rings. The minimum atomic E-state index is -0.459. The highest BCUT2D eigenvalue weighted by Crippen LogP contribution is 2.27. The van der Waals surface area contributed by atoms with Crippen molar-refractivity contribution in [3.8, 4) is 11.3 Å². The summed E-state index contributed by atoms with van der Waals surface area (Å²) in [5.74, 6) is 0.626. The predicted octanol–water partition coefficient (Wildman–Crippen LogP) is 8.56. The molecule has 5 heteroatoms. The van der Waals surface area contributed by atoms with Crippen LogP contribution in [-0.4, -0.2) is 5.91 Å². The molecule has 0 aliphatic heterocycles. The monoisotopic (exact) mass is 516 g/mol. The average molecular weight is 517 g/mol. The second-order valence-corrected chi connectivity index (χ2v) is 10.2. The lowest BCUT2D eigenvalue weighted by Gasteiger charge is -2.15. The Labute approximate surface area is 227 Å².